The van der Waals surface area contributed by atoms with Gasteiger partial charge in [0.2, 0.25) is 0 Å². The van der Waals surface area contributed by atoms with Gasteiger partial charge in [0.1, 0.15) is 0 Å². The second-order valence-corrected chi connectivity index (χ2v) is 5.86. The van der Waals surface area contributed by atoms with Crippen molar-refractivity contribution in [1.82, 2.24) is 4.98 Å². The van der Waals surface area contributed by atoms with E-state index in [1.165, 1.54) is 12.5 Å². The zero-order valence-corrected chi connectivity index (χ0v) is 12.7. The minimum atomic E-state index is -3.19. The van der Waals surface area contributed by atoms with Gasteiger partial charge in [-0.25, -0.2) is 8.42 Å². The number of rotatable bonds is 4. The van der Waals surface area contributed by atoms with Gasteiger partial charge < -0.3 is 5.73 Å². The second kappa shape index (κ2) is 8.48. The molecule has 1 aromatic rings. The first-order valence-electron chi connectivity index (χ1n) is 4.97. The first-order chi connectivity index (χ1) is 7.39. The number of halogens is 2. The number of sulfone groups is 1. The van der Waals surface area contributed by atoms with Crippen molar-refractivity contribution in [2.45, 2.75) is 24.3 Å². The number of hydrogen-bond acceptors (Lipinski definition) is 4. The molecule has 0 fully saturated rings. The van der Waals surface area contributed by atoms with Crippen LogP contribution in [0.4, 0.5) is 0 Å². The summed E-state index contributed by atoms with van der Waals surface area (Å²) in [4.78, 5) is 4.12. The minimum Gasteiger partial charge on any atom is -0.328 e. The third-order valence-corrected chi connectivity index (χ3v) is 3.06. The van der Waals surface area contributed by atoms with Crippen molar-refractivity contribution in [3.05, 3.63) is 30.1 Å². The van der Waals surface area contributed by atoms with E-state index in [1.54, 1.807) is 12.3 Å². The quantitative estimate of drug-likeness (QED) is 0.923. The molecule has 0 bridgehead atoms. The maximum atomic E-state index is 11.3. The van der Waals surface area contributed by atoms with Crippen LogP contribution in [-0.4, -0.2) is 25.7 Å². The van der Waals surface area contributed by atoms with Gasteiger partial charge in [0.15, 0.2) is 9.84 Å². The van der Waals surface area contributed by atoms with Gasteiger partial charge in [0, 0.05) is 24.7 Å². The maximum absolute atomic E-state index is 11.3. The van der Waals surface area contributed by atoms with Crippen molar-refractivity contribution >= 4 is 40.7 Å². The molecule has 0 saturated carbocycles. The molecule has 0 radical (unpaired) electrons. The van der Waals surface area contributed by atoms with Gasteiger partial charge >= 0.3 is 0 Å². The third kappa shape index (κ3) is 6.96. The minimum absolute atomic E-state index is 0. The topological polar surface area (TPSA) is 73.0 Å². The molecule has 0 unspecified atom stereocenters. The number of nitrogens with zero attached hydrogens (tertiary/aromatic N) is 1. The molecule has 1 aromatic heterocycles. The van der Waals surface area contributed by atoms with Gasteiger partial charge in [-0.1, -0.05) is 12.2 Å². The molecule has 104 valence electrons. The SMILES string of the molecule is C[C@H](N)C/C=C/c1cncc(S(C)(=O)=O)c1.Cl.Cl. The second-order valence-electron chi connectivity index (χ2n) is 3.84. The van der Waals surface area contributed by atoms with Crippen LogP contribution >= 0.6 is 24.8 Å². The van der Waals surface area contributed by atoms with Crippen LogP contribution < -0.4 is 5.73 Å². The van der Waals surface area contributed by atoms with Crippen LogP contribution in [0.2, 0.25) is 0 Å². The van der Waals surface area contributed by atoms with Crippen molar-refractivity contribution in [3.8, 4) is 0 Å². The summed E-state index contributed by atoms with van der Waals surface area (Å²) >= 11 is 0. The maximum Gasteiger partial charge on any atom is 0.177 e. The van der Waals surface area contributed by atoms with Gasteiger partial charge in [0.25, 0.3) is 0 Å². The van der Waals surface area contributed by atoms with Crippen LogP contribution in [0.25, 0.3) is 6.08 Å². The van der Waals surface area contributed by atoms with Gasteiger partial charge in [-0.2, -0.15) is 0 Å². The standard InChI is InChI=1S/C11H16N2O2S.2ClH/c1-9(12)4-3-5-10-6-11(8-13-7-10)16(2,14)15;;/h3,5-9H,4,12H2,1-2H3;2*1H/b5-3+;;/t9-;;/m0../s1. The summed E-state index contributed by atoms with van der Waals surface area (Å²) in [5.41, 5.74) is 6.36. The Labute approximate surface area is 120 Å². The van der Waals surface area contributed by atoms with E-state index in [4.69, 9.17) is 5.73 Å². The van der Waals surface area contributed by atoms with Crippen LogP contribution in [-0.2, 0) is 9.84 Å². The highest BCUT2D eigenvalue weighted by atomic mass is 35.5. The summed E-state index contributed by atoms with van der Waals surface area (Å²) in [6.45, 7) is 1.91. The van der Waals surface area contributed by atoms with Crippen molar-refractivity contribution < 1.29 is 8.42 Å². The Hall–Kier alpha value is -0.620. The van der Waals surface area contributed by atoms with E-state index in [-0.39, 0.29) is 35.8 Å². The summed E-state index contributed by atoms with van der Waals surface area (Å²) in [5, 5.41) is 0. The van der Waals surface area contributed by atoms with Gasteiger partial charge in [0.05, 0.1) is 4.90 Å². The molecule has 2 N–H and O–H groups in total. The highest BCUT2D eigenvalue weighted by molar-refractivity contribution is 7.90. The van der Waals surface area contributed by atoms with E-state index in [9.17, 15) is 8.42 Å². The van der Waals surface area contributed by atoms with E-state index in [0.29, 0.717) is 0 Å². The lowest BCUT2D eigenvalue weighted by atomic mass is 10.2. The Balaban J connectivity index is 0. The number of hydrogen-bond donors (Lipinski definition) is 1. The number of nitrogens with two attached hydrogens (primary N) is 1. The van der Waals surface area contributed by atoms with E-state index in [0.717, 1.165) is 12.0 Å². The van der Waals surface area contributed by atoms with E-state index < -0.39 is 9.84 Å². The van der Waals surface area contributed by atoms with Crippen LogP contribution in [0, 0.1) is 0 Å². The summed E-state index contributed by atoms with van der Waals surface area (Å²) in [5.74, 6) is 0. The first-order valence-corrected chi connectivity index (χ1v) is 6.86. The number of pyridine rings is 1. The first kappa shape index (κ1) is 19.7. The Kier molecular flexibility index (Phi) is 9.28. The fraction of sp³-hybridized carbons (Fsp3) is 0.364. The van der Waals surface area contributed by atoms with Crippen LogP contribution in [0.15, 0.2) is 29.4 Å². The predicted molar refractivity (Wildman–Crippen MR) is 79.1 cm³/mol. The Bertz CT molecular complexity index is 488. The third-order valence-electron chi connectivity index (χ3n) is 1.98. The highest BCUT2D eigenvalue weighted by Gasteiger charge is 2.06. The fourth-order valence-corrected chi connectivity index (χ4v) is 1.75. The van der Waals surface area contributed by atoms with E-state index >= 15 is 0 Å². The van der Waals surface area contributed by atoms with Crippen LogP contribution in [0.1, 0.15) is 18.9 Å². The lowest BCUT2D eigenvalue weighted by Gasteiger charge is -2.00. The summed E-state index contributed by atoms with van der Waals surface area (Å²) < 4.78 is 22.6. The normalized spacial score (nSPS) is 12.6. The van der Waals surface area contributed by atoms with Gasteiger partial charge in [-0.3, -0.25) is 4.98 Å². The monoisotopic (exact) mass is 312 g/mol. The molecule has 0 spiro atoms. The Morgan fingerprint density at radius 1 is 1.39 bits per heavy atom. The molecule has 18 heavy (non-hydrogen) atoms. The molecule has 0 aliphatic carbocycles. The van der Waals surface area contributed by atoms with Crippen LogP contribution in [0.5, 0.6) is 0 Å². The molecule has 7 heteroatoms. The smallest absolute Gasteiger partial charge is 0.177 e. The lowest BCUT2D eigenvalue weighted by Crippen LogP contribution is -2.12. The Morgan fingerprint density at radius 2 is 2.00 bits per heavy atom. The van der Waals surface area contributed by atoms with E-state index in [2.05, 4.69) is 4.98 Å². The van der Waals surface area contributed by atoms with E-state index in [1.807, 2.05) is 19.1 Å². The summed E-state index contributed by atoms with van der Waals surface area (Å²) in [7, 11) is -3.19. The number of aromatic nitrogens is 1. The average molecular weight is 313 g/mol. The molecule has 1 atom stereocenters. The molecule has 0 aromatic carbocycles. The van der Waals surface area contributed by atoms with Crippen molar-refractivity contribution in [2.24, 2.45) is 5.73 Å². The molecule has 0 aliphatic rings. The van der Waals surface area contributed by atoms with Crippen LogP contribution in [0.3, 0.4) is 0 Å². The molecular formula is C11H18Cl2N2O2S. The summed E-state index contributed by atoms with van der Waals surface area (Å²) in [6, 6.07) is 1.70. The fourth-order valence-electron chi connectivity index (χ4n) is 1.15. The molecule has 4 nitrogen and oxygen atoms in total. The van der Waals surface area contributed by atoms with Gasteiger partial charge in [-0.15, -0.1) is 24.8 Å². The van der Waals surface area contributed by atoms with Crippen molar-refractivity contribution in [1.29, 1.82) is 0 Å². The predicted octanol–water partition coefficient (Wildman–Crippen LogP) is 2.08. The Morgan fingerprint density at radius 3 is 2.50 bits per heavy atom. The van der Waals surface area contributed by atoms with Gasteiger partial charge in [-0.05, 0) is 25.0 Å². The van der Waals surface area contributed by atoms with Crippen molar-refractivity contribution in [3.63, 3.8) is 0 Å². The molecule has 0 aliphatic heterocycles. The lowest BCUT2D eigenvalue weighted by molar-refractivity contribution is 0.601. The zero-order chi connectivity index (χ0) is 12.2. The summed E-state index contributed by atoms with van der Waals surface area (Å²) in [6.07, 6.45) is 8.62. The largest absolute Gasteiger partial charge is 0.328 e. The highest BCUT2D eigenvalue weighted by Crippen LogP contribution is 2.10. The molecule has 1 heterocycles. The average Bonchev–Trinajstić information content (AvgIpc) is 2.16. The zero-order valence-electron chi connectivity index (χ0n) is 10.2. The molecule has 0 saturated heterocycles. The molecule has 1 rings (SSSR count). The molecular weight excluding hydrogens is 295 g/mol. The van der Waals surface area contributed by atoms with Crippen molar-refractivity contribution in [2.75, 3.05) is 6.26 Å². The molecule has 0 amide bonds.